The molecule has 9 heteroatoms. The summed E-state index contributed by atoms with van der Waals surface area (Å²) in [7, 11) is 0. The van der Waals surface area contributed by atoms with E-state index in [0.717, 1.165) is 6.07 Å². The lowest BCUT2D eigenvalue weighted by Gasteiger charge is -2.26. The van der Waals surface area contributed by atoms with Crippen molar-refractivity contribution in [2.45, 2.75) is 31.7 Å². The predicted octanol–water partition coefficient (Wildman–Crippen LogP) is 2.08. The highest BCUT2D eigenvalue weighted by Gasteiger charge is 2.42. The number of carbonyl (C=O) groups is 1. The Bertz CT molecular complexity index is 759. The van der Waals surface area contributed by atoms with Crippen molar-refractivity contribution < 1.29 is 23.1 Å². The highest BCUT2D eigenvalue weighted by atomic mass is 19.4. The number of halogens is 3. The Morgan fingerprint density at radius 2 is 2.04 bits per heavy atom. The minimum atomic E-state index is -4.54. The number of β-amino-alcohol motifs (C(OH)–C–C–N with tert-alkyl or cyclic N) is 1. The molecule has 0 spiro atoms. The molecule has 0 radical (unpaired) electrons. The Labute approximate surface area is 135 Å². The number of H-pyrrole nitrogens is 1. The first-order valence-corrected chi connectivity index (χ1v) is 7.31. The van der Waals surface area contributed by atoms with Crippen molar-refractivity contribution in [1.29, 1.82) is 0 Å². The van der Waals surface area contributed by atoms with Crippen molar-refractivity contribution in [3.8, 4) is 0 Å². The fourth-order valence-electron chi connectivity index (χ4n) is 3.00. The minimum Gasteiger partial charge on any atom is -0.391 e. The van der Waals surface area contributed by atoms with E-state index in [9.17, 15) is 23.1 Å². The Kier molecular flexibility index (Phi) is 4.04. The normalized spacial score (nSPS) is 21.3. The fourth-order valence-corrected chi connectivity index (χ4v) is 3.00. The molecule has 0 bridgehead atoms. The van der Waals surface area contributed by atoms with Crippen LogP contribution in [0, 0.1) is 6.92 Å². The molecular weight excluding hydrogens is 325 g/mol. The van der Waals surface area contributed by atoms with Gasteiger partial charge in [0.15, 0.2) is 5.69 Å². The van der Waals surface area contributed by atoms with E-state index in [1.807, 2.05) is 0 Å². The Balaban J connectivity index is 2.01. The Hall–Kier alpha value is -2.42. The fraction of sp³-hybridized carbons (Fsp3) is 0.400. The quantitative estimate of drug-likeness (QED) is 0.877. The van der Waals surface area contributed by atoms with Crippen LogP contribution in [0.3, 0.4) is 0 Å². The first kappa shape index (κ1) is 16.4. The number of aliphatic hydroxyl groups excluding tert-OH is 1. The molecule has 1 aromatic heterocycles. The number of carbonyl (C=O) groups excluding carboxylic acids is 1. The van der Waals surface area contributed by atoms with Crippen LogP contribution in [0.1, 0.15) is 39.8 Å². The number of aromatic nitrogens is 3. The average molecular weight is 340 g/mol. The van der Waals surface area contributed by atoms with Crippen LogP contribution in [0.15, 0.2) is 24.3 Å². The number of rotatable bonds is 2. The van der Waals surface area contributed by atoms with E-state index in [1.54, 1.807) is 6.92 Å². The molecule has 0 saturated carbocycles. The molecule has 1 aliphatic heterocycles. The van der Waals surface area contributed by atoms with E-state index in [0.29, 0.717) is 5.69 Å². The molecule has 2 aromatic rings. The van der Waals surface area contributed by atoms with Gasteiger partial charge < -0.3 is 10.0 Å². The van der Waals surface area contributed by atoms with Crippen LogP contribution in [0.5, 0.6) is 0 Å². The molecule has 1 aromatic carbocycles. The van der Waals surface area contributed by atoms with Gasteiger partial charge >= 0.3 is 6.18 Å². The zero-order chi connectivity index (χ0) is 17.5. The monoisotopic (exact) mass is 340 g/mol. The number of likely N-dealkylation sites (tertiary alicyclic amines) is 1. The number of nitrogens with zero attached hydrogens (tertiary/aromatic N) is 3. The molecule has 2 atom stereocenters. The average Bonchev–Trinajstić information content (AvgIpc) is 3.11. The lowest BCUT2D eigenvalue weighted by Crippen LogP contribution is -2.33. The third kappa shape index (κ3) is 2.86. The molecule has 0 aliphatic carbocycles. The summed E-state index contributed by atoms with van der Waals surface area (Å²) in [6, 6.07) is 4.22. The summed E-state index contributed by atoms with van der Waals surface area (Å²) in [5, 5.41) is 19.7. The van der Waals surface area contributed by atoms with E-state index < -0.39 is 29.8 Å². The van der Waals surface area contributed by atoms with Gasteiger partial charge in [0.1, 0.15) is 0 Å². The van der Waals surface area contributed by atoms with E-state index in [4.69, 9.17) is 0 Å². The van der Waals surface area contributed by atoms with Gasteiger partial charge in [-0.25, -0.2) is 0 Å². The Morgan fingerprint density at radius 3 is 2.67 bits per heavy atom. The molecule has 24 heavy (non-hydrogen) atoms. The molecule has 3 rings (SSSR count). The molecule has 2 heterocycles. The minimum absolute atomic E-state index is 0.0314. The van der Waals surface area contributed by atoms with Gasteiger partial charge in [-0.1, -0.05) is 18.2 Å². The maximum absolute atomic E-state index is 13.3. The van der Waals surface area contributed by atoms with Crippen molar-refractivity contribution in [1.82, 2.24) is 20.3 Å². The lowest BCUT2D eigenvalue weighted by molar-refractivity contribution is -0.138. The highest BCUT2D eigenvalue weighted by molar-refractivity contribution is 5.93. The smallest absolute Gasteiger partial charge is 0.391 e. The maximum atomic E-state index is 13.3. The Morgan fingerprint density at radius 1 is 1.33 bits per heavy atom. The van der Waals surface area contributed by atoms with Gasteiger partial charge in [-0.3, -0.25) is 4.79 Å². The van der Waals surface area contributed by atoms with Crippen molar-refractivity contribution in [3.63, 3.8) is 0 Å². The summed E-state index contributed by atoms with van der Waals surface area (Å²) in [4.78, 5) is 13.9. The molecule has 6 nitrogen and oxygen atoms in total. The summed E-state index contributed by atoms with van der Waals surface area (Å²) in [5.74, 6) is -0.556. The number of nitrogens with one attached hydrogen (secondary N) is 1. The summed E-state index contributed by atoms with van der Waals surface area (Å²) in [5.41, 5.74) is -0.447. The second kappa shape index (κ2) is 5.90. The van der Waals surface area contributed by atoms with Crippen molar-refractivity contribution >= 4 is 5.91 Å². The number of aryl methyl sites for hydroxylation is 1. The molecular formula is C15H15F3N4O2. The molecule has 2 unspecified atom stereocenters. The molecule has 1 fully saturated rings. The lowest BCUT2D eigenvalue weighted by atomic mass is 9.97. The topological polar surface area (TPSA) is 82.1 Å². The molecule has 1 amide bonds. The summed E-state index contributed by atoms with van der Waals surface area (Å²) < 4.78 is 39.8. The number of hydrogen-bond donors (Lipinski definition) is 2. The largest absolute Gasteiger partial charge is 0.416 e. The second-order valence-electron chi connectivity index (χ2n) is 5.71. The summed E-state index contributed by atoms with van der Waals surface area (Å²) in [6.07, 6.45) is -5.40. The standard InChI is InChI=1S/C15H15F3N4O2/c1-8-13(20-21-19-8)14(24)22-7-9(23)6-12(22)10-4-2-3-5-11(10)15(16,17)18/h2-5,9,12,23H,6-7H2,1H3,(H,19,20,21). The SMILES string of the molecule is Cc1n[nH]nc1C(=O)N1CC(O)CC1c1ccccc1C(F)(F)F. The number of amides is 1. The van der Waals surface area contributed by atoms with Crippen LogP contribution < -0.4 is 0 Å². The third-order valence-electron chi connectivity index (χ3n) is 4.09. The van der Waals surface area contributed by atoms with Crippen LogP contribution >= 0.6 is 0 Å². The van der Waals surface area contributed by atoms with Crippen molar-refractivity contribution in [2.24, 2.45) is 0 Å². The number of aromatic amines is 1. The van der Waals surface area contributed by atoms with Gasteiger partial charge in [-0.15, -0.1) is 0 Å². The van der Waals surface area contributed by atoms with Gasteiger partial charge in [-0.2, -0.15) is 28.6 Å². The van der Waals surface area contributed by atoms with Gasteiger partial charge in [0.2, 0.25) is 0 Å². The zero-order valence-electron chi connectivity index (χ0n) is 12.7. The van der Waals surface area contributed by atoms with Crippen molar-refractivity contribution in [2.75, 3.05) is 6.54 Å². The van der Waals surface area contributed by atoms with Crippen LogP contribution in [0.25, 0.3) is 0 Å². The molecule has 2 N–H and O–H groups in total. The first-order chi connectivity index (χ1) is 11.3. The number of benzene rings is 1. The highest BCUT2D eigenvalue weighted by Crippen LogP contribution is 2.40. The van der Waals surface area contributed by atoms with Gasteiger partial charge in [0.25, 0.3) is 5.91 Å². The van der Waals surface area contributed by atoms with Gasteiger partial charge in [-0.05, 0) is 25.0 Å². The summed E-state index contributed by atoms with van der Waals surface area (Å²) >= 11 is 0. The van der Waals surface area contributed by atoms with Crippen molar-refractivity contribution in [3.05, 3.63) is 46.8 Å². The first-order valence-electron chi connectivity index (χ1n) is 7.31. The van der Waals surface area contributed by atoms with E-state index in [2.05, 4.69) is 15.4 Å². The van der Waals surface area contributed by atoms with Gasteiger partial charge in [0, 0.05) is 6.54 Å². The second-order valence-corrected chi connectivity index (χ2v) is 5.71. The molecule has 128 valence electrons. The molecule has 1 saturated heterocycles. The maximum Gasteiger partial charge on any atom is 0.416 e. The van der Waals surface area contributed by atoms with Crippen LogP contribution in [0.2, 0.25) is 0 Å². The van der Waals surface area contributed by atoms with Crippen LogP contribution in [-0.4, -0.2) is 44.0 Å². The van der Waals surface area contributed by atoms with Crippen LogP contribution in [-0.2, 0) is 6.18 Å². The van der Waals surface area contributed by atoms with E-state index >= 15 is 0 Å². The third-order valence-corrected chi connectivity index (χ3v) is 4.09. The number of hydrogen-bond acceptors (Lipinski definition) is 4. The van der Waals surface area contributed by atoms with Crippen LogP contribution in [0.4, 0.5) is 13.2 Å². The number of alkyl halides is 3. The number of aliphatic hydroxyl groups is 1. The van der Waals surface area contributed by atoms with E-state index in [-0.39, 0.29) is 24.2 Å². The zero-order valence-corrected chi connectivity index (χ0v) is 12.7. The van der Waals surface area contributed by atoms with E-state index in [1.165, 1.54) is 23.1 Å². The summed E-state index contributed by atoms with van der Waals surface area (Å²) in [6.45, 7) is 1.52. The van der Waals surface area contributed by atoms with Gasteiger partial charge in [0.05, 0.1) is 23.4 Å². The predicted molar refractivity (Wildman–Crippen MR) is 77.0 cm³/mol. The molecule has 1 aliphatic rings.